The number of amides is 2. The molecule has 0 bridgehead atoms. The Bertz CT molecular complexity index is 3370. The van der Waals surface area contributed by atoms with E-state index in [0.717, 1.165) is 62.0 Å². The van der Waals surface area contributed by atoms with Gasteiger partial charge in [0.05, 0.1) is 23.8 Å². The maximum atomic E-state index is 13.6. The van der Waals surface area contributed by atoms with Crippen molar-refractivity contribution in [2.24, 2.45) is 25.9 Å². The second-order valence-electron chi connectivity index (χ2n) is 16.3. The molecule has 10 rings (SSSR count). The number of aromatic nitrogens is 10. The van der Waals surface area contributed by atoms with Crippen molar-refractivity contribution in [3.05, 3.63) is 131 Å². The molecule has 16 nitrogen and oxygen atoms in total. The zero-order chi connectivity index (χ0) is 44.2. The molecule has 2 amide bonds. The fraction of sp³-hybridized carbons (Fsp3) is 0.208. The molecule has 2 aliphatic rings. The summed E-state index contributed by atoms with van der Waals surface area (Å²) >= 11 is 0. The van der Waals surface area contributed by atoms with Crippen LogP contribution in [-0.4, -0.2) is 61.3 Å². The zero-order valence-electron chi connectivity index (χ0n) is 35.2. The predicted molar refractivity (Wildman–Crippen MR) is 242 cm³/mol. The minimum absolute atomic E-state index is 0.0469. The van der Waals surface area contributed by atoms with Crippen LogP contribution in [0.15, 0.2) is 86.0 Å². The summed E-state index contributed by atoms with van der Waals surface area (Å²) in [6, 6.07) is 11.1. The Morgan fingerprint density at radius 3 is 1.89 bits per heavy atom. The number of pyridine rings is 6. The molecule has 8 heterocycles. The number of fused-ring (bicyclic) bond motifs is 2. The average molecular weight is 845 g/mol. The van der Waals surface area contributed by atoms with Crippen molar-refractivity contribution in [2.45, 2.75) is 38.5 Å². The van der Waals surface area contributed by atoms with Crippen LogP contribution in [0.4, 0.5) is 23.3 Å². The molecule has 4 atom stereocenters. The lowest BCUT2D eigenvalue weighted by molar-refractivity contribution is -0.118. The number of aryl methyl sites for hydroxylation is 4. The van der Waals surface area contributed by atoms with Crippen molar-refractivity contribution < 1.29 is 9.59 Å². The van der Waals surface area contributed by atoms with Gasteiger partial charge in [0.2, 0.25) is 11.8 Å². The normalized spacial score (nSPS) is 17.2. The monoisotopic (exact) mass is 844 g/mol. The van der Waals surface area contributed by atoms with Crippen LogP contribution in [0.5, 0.6) is 0 Å². The number of nitrogen functional groups attached to an aromatic ring is 2. The molecular formula is C48H40N14O2. The van der Waals surface area contributed by atoms with E-state index in [-0.39, 0.29) is 41.3 Å². The quantitative estimate of drug-likeness (QED) is 0.145. The number of rotatable bonds is 7. The van der Waals surface area contributed by atoms with Crippen molar-refractivity contribution >= 4 is 56.6 Å². The highest BCUT2D eigenvalue weighted by Gasteiger charge is 2.46. The lowest BCUT2D eigenvalue weighted by Gasteiger charge is -2.09. The van der Waals surface area contributed by atoms with E-state index in [0.29, 0.717) is 46.0 Å². The third-order valence-electron chi connectivity index (χ3n) is 11.8. The summed E-state index contributed by atoms with van der Waals surface area (Å²) in [5.41, 5.74) is 20.6. The summed E-state index contributed by atoms with van der Waals surface area (Å²) in [6.45, 7) is 3.94. The zero-order valence-corrected chi connectivity index (χ0v) is 35.2. The molecule has 2 aliphatic carbocycles. The van der Waals surface area contributed by atoms with Crippen LogP contribution in [0.25, 0.3) is 32.9 Å². The van der Waals surface area contributed by atoms with Gasteiger partial charge in [0, 0.05) is 96.5 Å². The molecule has 0 spiro atoms. The van der Waals surface area contributed by atoms with Crippen LogP contribution in [0.3, 0.4) is 0 Å². The third-order valence-corrected chi connectivity index (χ3v) is 11.8. The molecule has 8 aromatic heterocycles. The largest absolute Gasteiger partial charge is 0.383 e. The third kappa shape index (κ3) is 7.80. The number of nitrogens with zero attached hydrogens (tertiary/aromatic N) is 10. The molecule has 64 heavy (non-hydrogen) atoms. The van der Waals surface area contributed by atoms with E-state index < -0.39 is 0 Å². The lowest BCUT2D eigenvalue weighted by Crippen LogP contribution is -2.15. The summed E-state index contributed by atoms with van der Waals surface area (Å²) in [5.74, 6) is 13.5. The van der Waals surface area contributed by atoms with E-state index in [9.17, 15) is 9.59 Å². The van der Waals surface area contributed by atoms with Crippen molar-refractivity contribution in [3.8, 4) is 35.1 Å². The average Bonchev–Trinajstić information content (AvgIpc) is 4.18. The molecule has 2 fully saturated rings. The van der Waals surface area contributed by atoms with Crippen LogP contribution in [0, 0.1) is 49.4 Å². The summed E-state index contributed by atoms with van der Waals surface area (Å²) in [5, 5.41) is 17.6. The van der Waals surface area contributed by atoms with Crippen molar-refractivity contribution in [2.75, 3.05) is 22.1 Å². The number of carbonyl (C=O) groups excluding carboxylic acids is 2. The minimum Gasteiger partial charge on any atom is -0.383 e. The van der Waals surface area contributed by atoms with Gasteiger partial charge in [0.25, 0.3) is 0 Å². The lowest BCUT2D eigenvalue weighted by atomic mass is 10.0. The van der Waals surface area contributed by atoms with E-state index in [1.165, 1.54) is 0 Å². The first-order valence-corrected chi connectivity index (χ1v) is 20.6. The first kappa shape index (κ1) is 39.6. The SMILES string of the molecule is Cc1ccncc1C#Cc1cc2cc(NC(=O)[C@H]3C[C@@H]3c3cnn(C)c3-c3cc(C)c(C#Cc4cc5cc(NC(=O)[C@@H]6C[C@H]6c6cnn(C)c6)ncc5c(N)n4)cn3)ncc2c(N)n1. The van der Waals surface area contributed by atoms with Crippen LogP contribution < -0.4 is 22.1 Å². The van der Waals surface area contributed by atoms with Crippen molar-refractivity contribution in [3.63, 3.8) is 0 Å². The van der Waals surface area contributed by atoms with Crippen LogP contribution in [0.1, 0.15) is 69.4 Å². The predicted octanol–water partition coefficient (Wildman–Crippen LogP) is 5.56. The molecule has 0 aliphatic heterocycles. The molecule has 0 unspecified atom stereocenters. The van der Waals surface area contributed by atoms with E-state index in [2.05, 4.69) is 69.4 Å². The van der Waals surface area contributed by atoms with Gasteiger partial charge < -0.3 is 22.1 Å². The molecule has 16 heteroatoms. The standard InChI is InChI=1S/C48H40N14O2/c1-25-9-10-51-18-27(25)5-7-32-12-29-15-43(54-22-39(29)45(49)57-32)60-48(64)37-17-35(37)40-23-56-62(4)44(40)41-11-26(2)28(19-52-41)6-8-33-13-30-14-42(53-21-38(30)46(50)58-33)59-47(63)36-16-34(36)31-20-55-61(3)24-31/h9-15,18-24,34-37H,16-17H2,1-4H3,(H2,49,57)(H2,50,58)(H,53,59,63)(H,54,60,64)/t34-,35-,36+,37-/m0/s1. The van der Waals surface area contributed by atoms with Gasteiger partial charge in [-0.2, -0.15) is 10.2 Å². The van der Waals surface area contributed by atoms with E-state index in [1.54, 1.807) is 52.5 Å². The first-order chi connectivity index (χ1) is 30.9. The topological polar surface area (TPSA) is 223 Å². The smallest absolute Gasteiger partial charge is 0.229 e. The Morgan fingerprint density at radius 1 is 0.688 bits per heavy atom. The highest BCUT2D eigenvalue weighted by molar-refractivity contribution is 5.99. The first-order valence-electron chi connectivity index (χ1n) is 20.6. The summed E-state index contributed by atoms with van der Waals surface area (Å²) in [7, 11) is 3.73. The minimum atomic E-state index is -0.272. The second-order valence-corrected chi connectivity index (χ2v) is 16.3. The van der Waals surface area contributed by atoms with Crippen LogP contribution in [0.2, 0.25) is 0 Å². The molecule has 0 saturated heterocycles. The van der Waals surface area contributed by atoms with Gasteiger partial charge in [-0.05, 0) is 108 Å². The number of hydrogen-bond acceptors (Lipinski definition) is 12. The molecule has 314 valence electrons. The number of nitrogens with two attached hydrogens (primary N) is 2. The van der Waals surface area contributed by atoms with Gasteiger partial charge >= 0.3 is 0 Å². The molecule has 0 radical (unpaired) electrons. The van der Waals surface area contributed by atoms with Gasteiger partial charge in [-0.15, -0.1) is 0 Å². The Hall–Kier alpha value is -8.50. The molecule has 8 aromatic rings. The van der Waals surface area contributed by atoms with Crippen molar-refractivity contribution in [1.82, 2.24) is 49.5 Å². The van der Waals surface area contributed by atoms with E-state index in [4.69, 9.17) is 16.5 Å². The van der Waals surface area contributed by atoms with Gasteiger partial charge in [0.15, 0.2) is 0 Å². The second kappa shape index (κ2) is 15.8. The molecule has 6 N–H and O–H groups in total. The van der Waals surface area contributed by atoms with Crippen molar-refractivity contribution in [1.29, 1.82) is 0 Å². The highest BCUT2D eigenvalue weighted by Crippen LogP contribution is 2.51. The number of nitrogens with one attached hydrogen (secondary N) is 2. The molecule has 0 aromatic carbocycles. The summed E-state index contributed by atoms with van der Waals surface area (Å²) in [4.78, 5) is 53.4. The maximum absolute atomic E-state index is 13.6. The summed E-state index contributed by atoms with van der Waals surface area (Å²) in [6.07, 6.45) is 15.4. The van der Waals surface area contributed by atoms with Gasteiger partial charge in [-0.25, -0.2) is 19.9 Å². The highest BCUT2D eigenvalue weighted by atomic mass is 16.2. The van der Waals surface area contributed by atoms with E-state index in [1.807, 2.05) is 70.8 Å². The fourth-order valence-electron chi connectivity index (χ4n) is 8.08. The maximum Gasteiger partial charge on any atom is 0.229 e. The summed E-state index contributed by atoms with van der Waals surface area (Å²) < 4.78 is 3.53. The number of carbonyl (C=O) groups is 2. The van der Waals surface area contributed by atoms with E-state index >= 15 is 0 Å². The number of hydrogen-bond donors (Lipinski definition) is 4. The molecular weight excluding hydrogens is 805 g/mol. The Balaban J connectivity index is 0.816. The Kier molecular flexibility index (Phi) is 9.76. The van der Waals surface area contributed by atoms with Gasteiger partial charge in [-0.3, -0.25) is 28.9 Å². The fourth-order valence-corrected chi connectivity index (χ4v) is 8.08. The Morgan fingerprint density at radius 2 is 1.30 bits per heavy atom. The van der Waals surface area contributed by atoms with Crippen LogP contribution in [-0.2, 0) is 23.7 Å². The van der Waals surface area contributed by atoms with Gasteiger partial charge in [0.1, 0.15) is 34.7 Å². The Labute approximate surface area is 367 Å². The molecule has 2 saturated carbocycles. The van der Waals surface area contributed by atoms with Gasteiger partial charge in [-0.1, -0.05) is 11.8 Å². The van der Waals surface area contributed by atoms with Crippen LogP contribution >= 0.6 is 0 Å². The number of anilines is 4.